The van der Waals surface area contributed by atoms with E-state index in [9.17, 15) is 0 Å². The van der Waals surface area contributed by atoms with Crippen molar-refractivity contribution in [2.75, 3.05) is 26.7 Å². The maximum atomic E-state index is 6.24. The second-order valence-electron chi connectivity index (χ2n) is 4.12. The zero-order valence-electron chi connectivity index (χ0n) is 10.5. The van der Waals surface area contributed by atoms with E-state index in [4.69, 9.17) is 11.6 Å². The molecule has 0 aliphatic rings. The molecular formula is C13H20BrClN2. The first-order valence-corrected chi connectivity index (χ1v) is 7.15. The van der Waals surface area contributed by atoms with E-state index in [1.54, 1.807) is 0 Å². The van der Waals surface area contributed by atoms with Crippen molar-refractivity contribution in [1.29, 1.82) is 0 Å². The van der Waals surface area contributed by atoms with Crippen LogP contribution in [-0.2, 0) is 6.54 Å². The van der Waals surface area contributed by atoms with Crippen LogP contribution in [0.1, 0.15) is 18.9 Å². The molecule has 0 unspecified atom stereocenters. The van der Waals surface area contributed by atoms with Gasteiger partial charge in [-0.15, -0.1) is 0 Å². The van der Waals surface area contributed by atoms with Crippen molar-refractivity contribution in [3.05, 3.63) is 33.3 Å². The van der Waals surface area contributed by atoms with Gasteiger partial charge >= 0.3 is 0 Å². The van der Waals surface area contributed by atoms with Crippen LogP contribution in [0.2, 0.25) is 5.02 Å². The number of halogens is 2. The predicted molar refractivity (Wildman–Crippen MR) is 78.6 cm³/mol. The number of rotatable bonds is 7. The summed E-state index contributed by atoms with van der Waals surface area (Å²) in [6.07, 6.45) is 1.16. The van der Waals surface area contributed by atoms with Gasteiger partial charge in [0.1, 0.15) is 0 Å². The summed E-state index contributed by atoms with van der Waals surface area (Å²) < 4.78 is 1.03. The lowest BCUT2D eigenvalue weighted by Gasteiger charge is -2.22. The van der Waals surface area contributed by atoms with Gasteiger partial charge in [0.25, 0.3) is 0 Å². The lowest BCUT2D eigenvalue weighted by atomic mass is 10.2. The molecule has 0 heterocycles. The van der Waals surface area contributed by atoms with E-state index in [-0.39, 0.29) is 0 Å². The Hall–Kier alpha value is -0.0900. The lowest BCUT2D eigenvalue weighted by Crippen LogP contribution is -2.31. The molecule has 0 aliphatic heterocycles. The minimum atomic E-state index is 0.838. The molecule has 0 spiro atoms. The molecule has 1 N–H and O–H groups in total. The van der Waals surface area contributed by atoms with Gasteiger partial charge in [-0.1, -0.05) is 40.5 Å². The van der Waals surface area contributed by atoms with Crippen LogP contribution in [0.25, 0.3) is 0 Å². The fourth-order valence-electron chi connectivity index (χ4n) is 1.75. The Morgan fingerprint density at radius 1 is 1.35 bits per heavy atom. The largest absolute Gasteiger partial charge is 0.318 e. The van der Waals surface area contributed by atoms with Gasteiger partial charge in [0.15, 0.2) is 0 Å². The van der Waals surface area contributed by atoms with Crippen LogP contribution in [0.4, 0.5) is 0 Å². The van der Waals surface area contributed by atoms with Crippen LogP contribution in [0, 0.1) is 0 Å². The van der Waals surface area contributed by atoms with Crippen molar-refractivity contribution in [3.8, 4) is 0 Å². The van der Waals surface area contributed by atoms with Crippen molar-refractivity contribution in [2.45, 2.75) is 19.9 Å². The van der Waals surface area contributed by atoms with Gasteiger partial charge in [0.05, 0.1) is 0 Å². The standard InChI is InChI=1S/C13H20BrClN2/c1-3-7-17(8-6-16-2)10-11-4-5-12(14)9-13(11)15/h4-5,9,16H,3,6-8,10H2,1-2H3. The van der Waals surface area contributed by atoms with E-state index in [1.807, 2.05) is 19.2 Å². The van der Waals surface area contributed by atoms with Crippen molar-refractivity contribution >= 4 is 27.5 Å². The first-order valence-electron chi connectivity index (χ1n) is 5.98. The molecule has 2 nitrogen and oxygen atoms in total. The fraction of sp³-hybridized carbons (Fsp3) is 0.538. The van der Waals surface area contributed by atoms with Gasteiger partial charge in [0.2, 0.25) is 0 Å². The molecule has 0 radical (unpaired) electrons. The Morgan fingerprint density at radius 2 is 2.12 bits per heavy atom. The fourth-order valence-corrected chi connectivity index (χ4v) is 2.48. The van der Waals surface area contributed by atoms with Crippen molar-refractivity contribution in [3.63, 3.8) is 0 Å². The molecule has 0 amide bonds. The molecule has 0 saturated carbocycles. The Balaban J connectivity index is 2.64. The average Bonchev–Trinajstić information content (AvgIpc) is 2.29. The molecule has 0 bridgehead atoms. The first-order chi connectivity index (χ1) is 8.17. The van der Waals surface area contributed by atoms with Gasteiger partial charge in [-0.2, -0.15) is 0 Å². The molecular weight excluding hydrogens is 300 g/mol. The lowest BCUT2D eigenvalue weighted by molar-refractivity contribution is 0.268. The van der Waals surface area contributed by atoms with Gasteiger partial charge in [-0.3, -0.25) is 4.90 Å². The number of benzene rings is 1. The molecule has 1 aromatic carbocycles. The topological polar surface area (TPSA) is 15.3 Å². The zero-order chi connectivity index (χ0) is 12.7. The summed E-state index contributed by atoms with van der Waals surface area (Å²) in [5.41, 5.74) is 1.19. The molecule has 1 aromatic rings. The monoisotopic (exact) mass is 318 g/mol. The summed E-state index contributed by atoms with van der Waals surface area (Å²) in [7, 11) is 1.98. The third kappa shape index (κ3) is 5.38. The van der Waals surface area contributed by atoms with Crippen LogP contribution < -0.4 is 5.32 Å². The van der Waals surface area contributed by atoms with Crippen LogP contribution in [0.3, 0.4) is 0 Å². The molecule has 96 valence electrons. The average molecular weight is 320 g/mol. The minimum Gasteiger partial charge on any atom is -0.318 e. The minimum absolute atomic E-state index is 0.838. The number of nitrogens with zero attached hydrogens (tertiary/aromatic N) is 1. The summed E-state index contributed by atoms with van der Waals surface area (Å²) in [5.74, 6) is 0. The summed E-state index contributed by atoms with van der Waals surface area (Å²) >= 11 is 9.66. The van der Waals surface area contributed by atoms with E-state index in [1.165, 1.54) is 5.56 Å². The molecule has 17 heavy (non-hydrogen) atoms. The highest BCUT2D eigenvalue weighted by Gasteiger charge is 2.07. The third-order valence-electron chi connectivity index (χ3n) is 2.63. The molecule has 0 atom stereocenters. The van der Waals surface area contributed by atoms with Crippen LogP contribution in [0.5, 0.6) is 0 Å². The Kier molecular flexibility index (Phi) is 7.12. The number of nitrogens with one attached hydrogen (secondary N) is 1. The second kappa shape index (κ2) is 8.09. The Bertz CT molecular complexity index is 344. The maximum Gasteiger partial charge on any atom is 0.0462 e. The SMILES string of the molecule is CCCN(CCNC)Cc1ccc(Br)cc1Cl. The van der Waals surface area contributed by atoms with Gasteiger partial charge < -0.3 is 5.32 Å². The number of likely N-dealkylation sites (N-methyl/N-ethyl adjacent to an activating group) is 1. The molecule has 0 aliphatic carbocycles. The van der Waals surface area contributed by atoms with E-state index in [0.717, 1.165) is 42.1 Å². The Morgan fingerprint density at radius 3 is 2.71 bits per heavy atom. The van der Waals surface area contributed by atoms with Crippen LogP contribution in [-0.4, -0.2) is 31.6 Å². The van der Waals surface area contributed by atoms with Crippen molar-refractivity contribution < 1.29 is 0 Å². The smallest absolute Gasteiger partial charge is 0.0462 e. The van der Waals surface area contributed by atoms with Crippen molar-refractivity contribution in [2.24, 2.45) is 0 Å². The summed E-state index contributed by atoms with van der Waals surface area (Å²) in [6.45, 7) is 6.29. The molecule has 4 heteroatoms. The molecule has 1 rings (SSSR count). The third-order valence-corrected chi connectivity index (χ3v) is 3.47. The number of hydrogen-bond acceptors (Lipinski definition) is 2. The van der Waals surface area contributed by atoms with Crippen LogP contribution >= 0.6 is 27.5 Å². The Labute approximate surface area is 117 Å². The van der Waals surface area contributed by atoms with E-state index in [2.05, 4.69) is 39.1 Å². The van der Waals surface area contributed by atoms with Crippen LogP contribution in [0.15, 0.2) is 22.7 Å². The zero-order valence-corrected chi connectivity index (χ0v) is 12.8. The normalized spacial score (nSPS) is 11.1. The second-order valence-corrected chi connectivity index (χ2v) is 5.44. The highest BCUT2D eigenvalue weighted by molar-refractivity contribution is 9.10. The van der Waals surface area contributed by atoms with Gasteiger partial charge in [-0.25, -0.2) is 0 Å². The molecule has 0 aromatic heterocycles. The van der Waals surface area contributed by atoms with Gasteiger partial charge in [-0.05, 0) is 37.7 Å². The highest BCUT2D eigenvalue weighted by atomic mass is 79.9. The maximum absolute atomic E-state index is 6.24. The van der Waals surface area contributed by atoms with E-state index < -0.39 is 0 Å². The van der Waals surface area contributed by atoms with E-state index >= 15 is 0 Å². The van der Waals surface area contributed by atoms with E-state index in [0.29, 0.717) is 0 Å². The highest BCUT2D eigenvalue weighted by Crippen LogP contribution is 2.22. The summed E-state index contributed by atoms with van der Waals surface area (Å²) in [5, 5.41) is 4.02. The quantitative estimate of drug-likeness (QED) is 0.827. The number of hydrogen-bond donors (Lipinski definition) is 1. The summed E-state index contributed by atoms with van der Waals surface area (Å²) in [6, 6.07) is 6.09. The van der Waals surface area contributed by atoms with Gasteiger partial charge in [0, 0.05) is 29.1 Å². The summed E-state index contributed by atoms with van der Waals surface area (Å²) in [4.78, 5) is 2.42. The van der Waals surface area contributed by atoms with Crippen molar-refractivity contribution in [1.82, 2.24) is 10.2 Å². The predicted octanol–water partition coefficient (Wildman–Crippen LogP) is 3.53. The first kappa shape index (κ1) is 15.0. The molecule has 0 saturated heterocycles. The molecule has 0 fully saturated rings.